The predicted molar refractivity (Wildman–Crippen MR) is 123 cm³/mol. The number of likely N-dealkylation sites (N-methyl/N-ethyl adjacent to an activating group) is 1. The second-order valence-electron chi connectivity index (χ2n) is 8.21. The van der Waals surface area contributed by atoms with Crippen LogP contribution in [-0.4, -0.2) is 75.4 Å². The first-order valence-electron chi connectivity index (χ1n) is 10.5. The number of benzene rings is 2. The number of urea groups is 1. The zero-order valence-corrected chi connectivity index (χ0v) is 19.5. The number of carbonyl (C=O) groups is 1. The molecule has 0 aromatic heterocycles. The lowest BCUT2D eigenvalue weighted by Crippen LogP contribution is -2.53. The lowest BCUT2D eigenvalue weighted by molar-refractivity contribution is 0.168. The molecule has 0 aliphatic carbocycles. The minimum absolute atomic E-state index is 0.0663. The van der Waals surface area contributed by atoms with Crippen molar-refractivity contribution in [2.45, 2.75) is 24.8 Å². The Bertz CT molecular complexity index is 1000. The van der Waals surface area contributed by atoms with Gasteiger partial charge < -0.3 is 15.1 Å². The number of carbonyl (C=O) groups excluding carboxylic acids is 1. The Morgan fingerprint density at radius 1 is 1.00 bits per heavy atom. The highest BCUT2D eigenvalue weighted by Gasteiger charge is 2.30. The highest BCUT2D eigenvalue weighted by atomic mass is 32.2. The zero-order valence-electron chi connectivity index (χ0n) is 18.7. The third kappa shape index (κ3) is 5.44. The van der Waals surface area contributed by atoms with E-state index in [2.05, 4.69) is 10.2 Å². The number of rotatable bonds is 6. The van der Waals surface area contributed by atoms with Gasteiger partial charge in [0.05, 0.1) is 10.9 Å². The van der Waals surface area contributed by atoms with Crippen molar-refractivity contribution >= 4 is 16.1 Å². The van der Waals surface area contributed by atoms with Crippen LogP contribution < -0.4 is 5.32 Å². The highest BCUT2D eigenvalue weighted by Crippen LogP contribution is 2.21. The van der Waals surface area contributed by atoms with Crippen molar-refractivity contribution in [1.29, 1.82) is 0 Å². The largest absolute Gasteiger partial charge is 0.336 e. The number of nitrogens with one attached hydrogen (secondary N) is 1. The van der Waals surface area contributed by atoms with Gasteiger partial charge in [-0.1, -0.05) is 36.4 Å². The first-order valence-corrected chi connectivity index (χ1v) is 12.0. The van der Waals surface area contributed by atoms with Gasteiger partial charge in [0.2, 0.25) is 10.0 Å². The van der Waals surface area contributed by atoms with Crippen molar-refractivity contribution in [2.75, 3.05) is 46.8 Å². The molecule has 1 aliphatic heterocycles. The molecule has 2 amide bonds. The van der Waals surface area contributed by atoms with Crippen LogP contribution in [0.15, 0.2) is 53.4 Å². The van der Waals surface area contributed by atoms with Crippen LogP contribution in [0.3, 0.4) is 0 Å². The van der Waals surface area contributed by atoms with E-state index in [1.54, 1.807) is 17.0 Å². The molecule has 1 atom stereocenters. The third-order valence-electron chi connectivity index (χ3n) is 5.90. The van der Waals surface area contributed by atoms with E-state index in [0.717, 1.165) is 16.7 Å². The lowest BCUT2D eigenvalue weighted by atomic mass is 10.1. The normalized spacial score (nSPS) is 16.4. The van der Waals surface area contributed by atoms with Gasteiger partial charge in [0.25, 0.3) is 0 Å². The number of piperazine rings is 1. The molecule has 3 rings (SSSR count). The fourth-order valence-corrected chi connectivity index (χ4v) is 5.23. The highest BCUT2D eigenvalue weighted by molar-refractivity contribution is 7.89. The molecule has 0 bridgehead atoms. The molecule has 8 heteroatoms. The van der Waals surface area contributed by atoms with Gasteiger partial charge >= 0.3 is 6.03 Å². The summed E-state index contributed by atoms with van der Waals surface area (Å²) in [6, 6.07) is 15.2. The Balaban J connectivity index is 1.57. The predicted octanol–water partition coefficient (Wildman–Crippen LogP) is 2.62. The van der Waals surface area contributed by atoms with Crippen molar-refractivity contribution in [3.63, 3.8) is 0 Å². The van der Waals surface area contributed by atoms with Crippen molar-refractivity contribution in [3.8, 4) is 0 Å². The fourth-order valence-electron chi connectivity index (χ4n) is 3.72. The number of sulfonamides is 1. The minimum Gasteiger partial charge on any atom is -0.336 e. The maximum Gasteiger partial charge on any atom is 0.317 e. The topological polar surface area (TPSA) is 73.0 Å². The summed E-state index contributed by atoms with van der Waals surface area (Å²) in [6.07, 6.45) is 0. The summed E-state index contributed by atoms with van der Waals surface area (Å²) < 4.78 is 27.4. The molecule has 31 heavy (non-hydrogen) atoms. The maximum absolute atomic E-state index is 13.0. The average molecular weight is 445 g/mol. The first-order chi connectivity index (χ1) is 14.7. The summed E-state index contributed by atoms with van der Waals surface area (Å²) in [6.45, 7) is 5.67. The summed E-state index contributed by atoms with van der Waals surface area (Å²) in [5.41, 5.74) is 3.15. The van der Waals surface area contributed by atoms with Crippen molar-refractivity contribution in [3.05, 3.63) is 65.2 Å². The standard InChI is InChI=1S/C23H32N4O3S/c1-18-10-11-21(16-19(18)2)31(29,30)27-14-12-26(13-15-27)23(28)24-17-22(25(3)4)20-8-6-5-7-9-20/h5-11,16,22H,12-15,17H2,1-4H3,(H,24,28)/t22-/m1/s1. The molecule has 1 saturated heterocycles. The molecule has 1 heterocycles. The summed E-state index contributed by atoms with van der Waals surface area (Å²) in [5.74, 6) is 0. The van der Waals surface area contributed by atoms with Crippen molar-refractivity contribution in [2.24, 2.45) is 0 Å². The molecule has 0 radical (unpaired) electrons. The Labute approximate surface area is 185 Å². The van der Waals surface area contributed by atoms with Crippen LogP contribution in [0, 0.1) is 13.8 Å². The van der Waals surface area contributed by atoms with Crippen LogP contribution in [-0.2, 0) is 10.0 Å². The van der Waals surface area contributed by atoms with Crippen LogP contribution in [0.4, 0.5) is 4.79 Å². The Kier molecular flexibility index (Phi) is 7.35. The molecule has 2 aromatic rings. The van der Waals surface area contributed by atoms with Gasteiger partial charge in [0.1, 0.15) is 0 Å². The molecular weight excluding hydrogens is 412 g/mol. The molecule has 1 N–H and O–H groups in total. The number of hydrogen-bond donors (Lipinski definition) is 1. The van der Waals surface area contributed by atoms with Crippen molar-refractivity contribution < 1.29 is 13.2 Å². The average Bonchev–Trinajstić information content (AvgIpc) is 2.76. The summed E-state index contributed by atoms with van der Waals surface area (Å²) in [4.78, 5) is 16.8. The summed E-state index contributed by atoms with van der Waals surface area (Å²) in [5, 5.41) is 3.01. The second-order valence-corrected chi connectivity index (χ2v) is 10.2. The Morgan fingerprint density at radius 2 is 1.65 bits per heavy atom. The molecule has 0 unspecified atom stereocenters. The van der Waals surface area contributed by atoms with Crippen LogP contribution in [0.25, 0.3) is 0 Å². The third-order valence-corrected chi connectivity index (χ3v) is 7.79. The Hall–Kier alpha value is -2.42. The van der Waals surface area contributed by atoms with Gasteiger partial charge in [-0.2, -0.15) is 4.31 Å². The van der Waals surface area contributed by atoms with Gasteiger partial charge in [0, 0.05) is 32.7 Å². The molecule has 0 saturated carbocycles. The summed E-state index contributed by atoms with van der Waals surface area (Å²) in [7, 11) is 0.418. The van der Waals surface area contributed by atoms with E-state index in [-0.39, 0.29) is 12.1 Å². The zero-order chi connectivity index (χ0) is 22.6. The molecule has 0 spiro atoms. The monoisotopic (exact) mass is 444 g/mol. The summed E-state index contributed by atoms with van der Waals surface area (Å²) >= 11 is 0. The van der Waals surface area contributed by atoms with E-state index in [1.807, 2.05) is 64.3 Å². The van der Waals surface area contributed by atoms with E-state index in [4.69, 9.17) is 0 Å². The van der Waals surface area contributed by atoms with Gasteiger partial charge in [0.15, 0.2) is 0 Å². The molecule has 1 aliphatic rings. The number of hydrogen-bond acceptors (Lipinski definition) is 4. The molecular formula is C23H32N4O3S. The Morgan fingerprint density at radius 3 is 2.23 bits per heavy atom. The number of nitrogens with zero attached hydrogens (tertiary/aromatic N) is 3. The van der Waals surface area contributed by atoms with E-state index in [1.165, 1.54) is 4.31 Å². The SMILES string of the molecule is Cc1ccc(S(=O)(=O)N2CCN(C(=O)NC[C@H](c3ccccc3)N(C)C)CC2)cc1C. The van der Waals surface area contributed by atoms with Crippen LogP contribution in [0.5, 0.6) is 0 Å². The van der Waals surface area contributed by atoms with E-state index in [9.17, 15) is 13.2 Å². The lowest BCUT2D eigenvalue weighted by Gasteiger charge is -2.34. The quantitative estimate of drug-likeness (QED) is 0.743. The number of amides is 2. The van der Waals surface area contributed by atoms with Gasteiger partial charge in [-0.3, -0.25) is 0 Å². The van der Waals surface area contributed by atoms with Crippen molar-refractivity contribution in [1.82, 2.24) is 19.4 Å². The molecule has 7 nitrogen and oxygen atoms in total. The molecule has 2 aromatic carbocycles. The van der Waals surface area contributed by atoms with Gasteiger partial charge in [-0.25, -0.2) is 13.2 Å². The number of aryl methyl sites for hydroxylation is 2. The molecule has 1 fully saturated rings. The van der Waals surface area contributed by atoms with Crippen LogP contribution in [0.2, 0.25) is 0 Å². The van der Waals surface area contributed by atoms with Gasteiger partial charge in [-0.15, -0.1) is 0 Å². The minimum atomic E-state index is -3.56. The van der Waals surface area contributed by atoms with Gasteiger partial charge in [-0.05, 0) is 56.8 Å². The van der Waals surface area contributed by atoms with Crippen LogP contribution >= 0.6 is 0 Å². The molecule has 168 valence electrons. The fraction of sp³-hybridized carbons (Fsp3) is 0.435. The van der Waals surface area contributed by atoms with Crippen LogP contribution in [0.1, 0.15) is 22.7 Å². The smallest absolute Gasteiger partial charge is 0.317 e. The maximum atomic E-state index is 13.0. The van der Waals surface area contributed by atoms with E-state index < -0.39 is 10.0 Å². The van der Waals surface area contributed by atoms with E-state index >= 15 is 0 Å². The van der Waals surface area contributed by atoms with E-state index in [0.29, 0.717) is 37.6 Å². The first kappa shape index (κ1) is 23.2. The second kappa shape index (κ2) is 9.80.